The summed E-state index contributed by atoms with van der Waals surface area (Å²) in [7, 11) is 0. The molecule has 3 amide bonds. The van der Waals surface area contributed by atoms with Gasteiger partial charge >= 0.3 is 6.09 Å². The molecule has 2 aromatic rings. The highest BCUT2D eigenvalue weighted by Crippen LogP contribution is 2.31. The number of nitrogens with one attached hydrogen (secondary N) is 2. The van der Waals surface area contributed by atoms with Crippen molar-refractivity contribution in [3.8, 4) is 0 Å². The molecule has 2 aromatic carbocycles. The van der Waals surface area contributed by atoms with E-state index in [4.69, 9.17) is 16.3 Å². The number of amides is 3. The van der Waals surface area contributed by atoms with E-state index in [0.717, 1.165) is 16.7 Å². The summed E-state index contributed by atoms with van der Waals surface area (Å²) >= 11 is 6.39. The molecule has 8 heteroatoms. The molecule has 0 spiro atoms. The lowest BCUT2D eigenvalue weighted by Crippen LogP contribution is -2.51. The third-order valence-electron chi connectivity index (χ3n) is 5.61. The molecule has 2 unspecified atom stereocenters. The fourth-order valence-electron chi connectivity index (χ4n) is 3.89. The summed E-state index contributed by atoms with van der Waals surface area (Å²) in [6, 6.07) is 9.35. The quantitative estimate of drug-likeness (QED) is 0.445. The van der Waals surface area contributed by atoms with Crippen molar-refractivity contribution in [2.75, 3.05) is 11.9 Å². The zero-order valence-electron chi connectivity index (χ0n) is 22.5. The van der Waals surface area contributed by atoms with E-state index in [-0.39, 0.29) is 11.8 Å². The van der Waals surface area contributed by atoms with Crippen LogP contribution in [0.25, 0.3) is 0 Å². The molecule has 2 rings (SSSR count). The fraction of sp³-hybridized carbons (Fsp3) is 0.464. The number of benzene rings is 2. The van der Waals surface area contributed by atoms with E-state index in [9.17, 15) is 14.4 Å². The van der Waals surface area contributed by atoms with Crippen molar-refractivity contribution in [1.29, 1.82) is 0 Å². The fourth-order valence-corrected chi connectivity index (χ4v) is 4.16. The number of alkyl carbamates (subject to hydrolysis) is 1. The van der Waals surface area contributed by atoms with E-state index in [0.29, 0.717) is 29.2 Å². The molecule has 0 aliphatic carbocycles. The van der Waals surface area contributed by atoms with Crippen LogP contribution in [0.4, 0.5) is 10.5 Å². The number of anilines is 1. The van der Waals surface area contributed by atoms with Gasteiger partial charge in [-0.05, 0) is 77.6 Å². The lowest BCUT2D eigenvalue weighted by molar-refractivity contribution is -0.140. The van der Waals surface area contributed by atoms with Gasteiger partial charge in [-0.3, -0.25) is 9.59 Å². The number of nitrogens with zero attached hydrogens (tertiary/aromatic N) is 1. The van der Waals surface area contributed by atoms with Crippen LogP contribution in [0.1, 0.15) is 69.3 Å². The van der Waals surface area contributed by atoms with Crippen LogP contribution < -0.4 is 10.6 Å². The Labute approximate surface area is 219 Å². The van der Waals surface area contributed by atoms with E-state index in [1.807, 2.05) is 58.0 Å². The van der Waals surface area contributed by atoms with Crippen molar-refractivity contribution in [3.05, 3.63) is 63.7 Å². The molecule has 0 heterocycles. The first-order valence-corrected chi connectivity index (χ1v) is 12.6. The molecule has 0 saturated heterocycles. The molecule has 0 fully saturated rings. The molecule has 0 aromatic heterocycles. The minimum absolute atomic E-state index is 0.312. The summed E-state index contributed by atoms with van der Waals surface area (Å²) < 4.78 is 5.32. The molecule has 2 atom stereocenters. The van der Waals surface area contributed by atoms with Gasteiger partial charge in [0.25, 0.3) is 5.91 Å². The molecule has 0 bridgehead atoms. The van der Waals surface area contributed by atoms with Gasteiger partial charge in [0.05, 0.1) is 10.7 Å². The lowest BCUT2D eigenvalue weighted by Gasteiger charge is -2.34. The predicted octanol–water partition coefficient (Wildman–Crippen LogP) is 6.10. The summed E-state index contributed by atoms with van der Waals surface area (Å²) in [5, 5.41) is 5.97. The standard InChI is InChI=1S/C28H38ClN3O4/c1-9-15-32(26(34)20(5)30-27(35)36-28(6,7)8)24(21-16-17(2)13-14-18(21)3)25(33)31-23-19(4)11-10-12-22(23)29/h10-14,16,20,24H,9,15H2,1-8H3,(H,30,35)(H,31,33). The molecule has 196 valence electrons. The Morgan fingerprint density at radius 1 is 1.06 bits per heavy atom. The van der Waals surface area contributed by atoms with E-state index in [1.165, 1.54) is 4.90 Å². The zero-order chi connectivity index (χ0) is 27.2. The van der Waals surface area contributed by atoms with Gasteiger partial charge in [-0.15, -0.1) is 0 Å². The second-order valence-corrected chi connectivity index (χ2v) is 10.5. The maximum Gasteiger partial charge on any atom is 0.408 e. The van der Waals surface area contributed by atoms with Crippen LogP contribution >= 0.6 is 11.6 Å². The average Bonchev–Trinajstić information content (AvgIpc) is 2.76. The molecule has 0 aliphatic heterocycles. The highest BCUT2D eigenvalue weighted by molar-refractivity contribution is 6.34. The summed E-state index contributed by atoms with van der Waals surface area (Å²) in [6.07, 6.45) is -0.0794. The van der Waals surface area contributed by atoms with Crippen LogP contribution in [0.5, 0.6) is 0 Å². The van der Waals surface area contributed by atoms with Crippen molar-refractivity contribution in [3.63, 3.8) is 0 Å². The summed E-state index contributed by atoms with van der Waals surface area (Å²) in [5.74, 6) is -0.772. The van der Waals surface area contributed by atoms with E-state index < -0.39 is 23.8 Å². The number of rotatable bonds is 8. The Balaban J connectivity index is 2.50. The van der Waals surface area contributed by atoms with Gasteiger partial charge in [0, 0.05) is 6.54 Å². The highest BCUT2D eigenvalue weighted by Gasteiger charge is 2.35. The lowest BCUT2D eigenvalue weighted by atomic mass is 9.96. The van der Waals surface area contributed by atoms with Crippen LogP contribution in [0.2, 0.25) is 5.02 Å². The van der Waals surface area contributed by atoms with Crippen LogP contribution in [-0.2, 0) is 14.3 Å². The van der Waals surface area contributed by atoms with Crippen molar-refractivity contribution in [2.24, 2.45) is 0 Å². The Hall–Kier alpha value is -3.06. The van der Waals surface area contributed by atoms with Gasteiger partial charge in [-0.1, -0.05) is 54.4 Å². The second kappa shape index (κ2) is 12.3. The number of carbonyl (C=O) groups excluding carboxylic acids is 3. The molecule has 2 N–H and O–H groups in total. The van der Waals surface area contributed by atoms with Crippen LogP contribution in [-0.4, -0.2) is 41.0 Å². The SMILES string of the molecule is CCCN(C(=O)C(C)NC(=O)OC(C)(C)C)C(C(=O)Nc1c(C)cccc1Cl)c1cc(C)ccc1C. The maximum atomic E-state index is 13.9. The first kappa shape index (κ1) is 29.2. The van der Waals surface area contributed by atoms with Crippen LogP contribution in [0, 0.1) is 20.8 Å². The van der Waals surface area contributed by atoms with Gasteiger partial charge in [0.2, 0.25) is 5.91 Å². The largest absolute Gasteiger partial charge is 0.444 e. The van der Waals surface area contributed by atoms with E-state index >= 15 is 0 Å². The van der Waals surface area contributed by atoms with Crippen molar-refractivity contribution >= 4 is 35.2 Å². The minimum atomic E-state index is -0.934. The average molecular weight is 516 g/mol. The summed E-state index contributed by atoms with van der Waals surface area (Å²) in [6.45, 7) is 14.8. The normalized spacial score (nSPS) is 12.9. The summed E-state index contributed by atoms with van der Waals surface area (Å²) in [5.41, 5.74) is 3.16. The predicted molar refractivity (Wildman–Crippen MR) is 144 cm³/mol. The number of para-hydroxylation sites is 1. The van der Waals surface area contributed by atoms with Crippen LogP contribution in [0.15, 0.2) is 36.4 Å². The third kappa shape index (κ3) is 7.72. The van der Waals surface area contributed by atoms with Gasteiger partial charge in [0.15, 0.2) is 0 Å². The van der Waals surface area contributed by atoms with E-state index in [1.54, 1.807) is 33.8 Å². The van der Waals surface area contributed by atoms with Crippen LogP contribution in [0.3, 0.4) is 0 Å². The monoisotopic (exact) mass is 515 g/mol. The van der Waals surface area contributed by atoms with Crippen molar-refractivity contribution < 1.29 is 19.1 Å². The number of aryl methyl sites for hydroxylation is 3. The minimum Gasteiger partial charge on any atom is -0.444 e. The van der Waals surface area contributed by atoms with Gasteiger partial charge in [-0.2, -0.15) is 0 Å². The molecule has 7 nitrogen and oxygen atoms in total. The van der Waals surface area contributed by atoms with Crippen molar-refractivity contribution in [2.45, 2.75) is 79.5 Å². The Kier molecular flexibility index (Phi) is 9.93. The number of hydrogen-bond donors (Lipinski definition) is 2. The first-order chi connectivity index (χ1) is 16.7. The maximum absolute atomic E-state index is 13.9. The number of carbonyl (C=O) groups is 3. The number of halogens is 1. The van der Waals surface area contributed by atoms with Gasteiger partial charge in [0.1, 0.15) is 17.7 Å². The zero-order valence-corrected chi connectivity index (χ0v) is 23.2. The smallest absolute Gasteiger partial charge is 0.408 e. The highest BCUT2D eigenvalue weighted by atomic mass is 35.5. The molecule has 0 saturated carbocycles. The second-order valence-electron chi connectivity index (χ2n) is 10.1. The molecule has 36 heavy (non-hydrogen) atoms. The third-order valence-corrected chi connectivity index (χ3v) is 5.93. The Bertz CT molecular complexity index is 1090. The number of ether oxygens (including phenoxy) is 1. The molecule has 0 aliphatic rings. The van der Waals surface area contributed by atoms with Gasteiger partial charge < -0.3 is 20.3 Å². The van der Waals surface area contributed by atoms with Gasteiger partial charge in [-0.25, -0.2) is 4.79 Å². The Morgan fingerprint density at radius 3 is 2.31 bits per heavy atom. The topological polar surface area (TPSA) is 87.7 Å². The van der Waals surface area contributed by atoms with Crippen molar-refractivity contribution in [1.82, 2.24) is 10.2 Å². The Morgan fingerprint density at radius 2 is 1.72 bits per heavy atom. The number of hydrogen-bond acceptors (Lipinski definition) is 4. The molecule has 0 radical (unpaired) electrons. The molecular formula is C28H38ClN3O4. The summed E-state index contributed by atoms with van der Waals surface area (Å²) in [4.78, 5) is 41.4. The first-order valence-electron chi connectivity index (χ1n) is 12.2. The molecular weight excluding hydrogens is 478 g/mol. The van der Waals surface area contributed by atoms with E-state index in [2.05, 4.69) is 10.6 Å².